The number of aliphatic imine (C=N–C) groups is 1. The molecule has 11 heavy (non-hydrogen) atoms. The van der Waals surface area contributed by atoms with Crippen LogP contribution in [0.1, 0.15) is 18.7 Å². The molecular formula is C7H9N3O. The molecule has 4 nitrogen and oxygen atoms in total. The van der Waals surface area contributed by atoms with Crippen molar-refractivity contribution in [2.75, 3.05) is 0 Å². The monoisotopic (exact) mass is 151 g/mol. The SMILES string of the molecule is CC(N=C=O)c1ccn(C)n1. The molecule has 0 N–H and O–H groups in total. The van der Waals surface area contributed by atoms with E-state index in [9.17, 15) is 4.79 Å². The van der Waals surface area contributed by atoms with Gasteiger partial charge in [-0.05, 0) is 13.0 Å². The van der Waals surface area contributed by atoms with Crippen molar-refractivity contribution in [3.05, 3.63) is 18.0 Å². The van der Waals surface area contributed by atoms with Gasteiger partial charge in [-0.1, -0.05) is 0 Å². The second-order valence-electron chi connectivity index (χ2n) is 2.31. The molecule has 0 spiro atoms. The molecule has 1 rings (SSSR count). The van der Waals surface area contributed by atoms with Gasteiger partial charge in [0, 0.05) is 13.2 Å². The van der Waals surface area contributed by atoms with Gasteiger partial charge in [-0.3, -0.25) is 4.68 Å². The first-order valence-corrected chi connectivity index (χ1v) is 3.30. The first kappa shape index (κ1) is 7.69. The Morgan fingerprint density at radius 1 is 1.82 bits per heavy atom. The van der Waals surface area contributed by atoms with Crippen LogP contribution < -0.4 is 0 Å². The van der Waals surface area contributed by atoms with Crippen LogP contribution >= 0.6 is 0 Å². The van der Waals surface area contributed by atoms with Crippen LogP contribution in [0.5, 0.6) is 0 Å². The van der Waals surface area contributed by atoms with Gasteiger partial charge in [0.15, 0.2) is 0 Å². The predicted molar refractivity (Wildman–Crippen MR) is 39.7 cm³/mol. The molecule has 58 valence electrons. The summed E-state index contributed by atoms with van der Waals surface area (Å²) in [5, 5.41) is 4.07. The van der Waals surface area contributed by atoms with Gasteiger partial charge in [0.1, 0.15) is 6.04 Å². The van der Waals surface area contributed by atoms with Gasteiger partial charge in [0.05, 0.1) is 5.69 Å². The number of carbonyl (C=O) groups excluding carboxylic acids is 1. The molecule has 0 radical (unpaired) electrons. The van der Waals surface area contributed by atoms with Crippen LogP contribution in [0.15, 0.2) is 17.3 Å². The predicted octanol–water partition coefficient (Wildman–Crippen LogP) is 0.817. The number of aryl methyl sites for hydroxylation is 1. The summed E-state index contributed by atoms with van der Waals surface area (Å²) in [4.78, 5) is 13.4. The van der Waals surface area contributed by atoms with Crippen LogP contribution in [0.2, 0.25) is 0 Å². The van der Waals surface area contributed by atoms with Crippen LogP contribution in [-0.2, 0) is 11.8 Å². The molecular weight excluding hydrogens is 142 g/mol. The molecule has 0 aliphatic rings. The molecule has 1 atom stereocenters. The summed E-state index contributed by atoms with van der Waals surface area (Å²) < 4.78 is 1.67. The summed E-state index contributed by atoms with van der Waals surface area (Å²) >= 11 is 0. The zero-order valence-electron chi connectivity index (χ0n) is 6.48. The molecule has 0 saturated carbocycles. The Hall–Kier alpha value is -1.41. The summed E-state index contributed by atoms with van der Waals surface area (Å²) in [5.41, 5.74) is 0.788. The number of aromatic nitrogens is 2. The molecule has 0 bridgehead atoms. The highest BCUT2D eigenvalue weighted by molar-refractivity contribution is 5.34. The minimum atomic E-state index is -0.186. The van der Waals surface area contributed by atoms with Crippen LogP contribution in [0.4, 0.5) is 0 Å². The van der Waals surface area contributed by atoms with Gasteiger partial charge < -0.3 is 0 Å². The van der Waals surface area contributed by atoms with Crippen molar-refractivity contribution >= 4 is 6.08 Å². The van der Waals surface area contributed by atoms with Gasteiger partial charge >= 0.3 is 0 Å². The van der Waals surface area contributed by atoms with Gasteiger partial charge in [-0.15, -0.1) is 0 Å². The second-order valence-corrected chi connectivity index (χ2v) is 2.31. The fourth-order valence-corrected chi connectivity index (χ4v) is 0.801. The second kappa shape index (κ2) is 3.12. The lowest BCUT2D eigenvalue weighted by atomic mass is 10.2. The Morgan fingerprint density at radius 3 is 3.00 bits per heavy atom. The lowest BCUT2D eigenvalue weighted by molar-refractivity contribution is 0.558. The van der Waals surface area contributed by atoms with E-state index in [1.54, 1.807) is 11.6 Å². The third kappa shape index (κ3) is 1.75. The average Bonchev–Trinajstić information content (AvgIpc) is 2.36. The molecule has 1 heterocycles. The van der Waals surface area contributed by atoms with E-state index in [2.05, 4.69) is 10.1 Å². The van der Waals surface area contributed by atoms with Crippen LogP contribution in [0.3, 0.4) is 0 Å². The highest BCUT2D eigenvalue weighted by Crippen LogP contribution is 2.11. The zero-order valence-corrected chi connectivity index (χ0v) is 6.48. The van der Waals surface area contributed by atoms with Crippen molar-refractivity contribution in [2.24, 2.45) is 12.0 Å². The van der Waals surface area contributed by atoms with E-state index in [4.69, 9.17) is 0 Å². The Bertz CT molecular complexity index is 286. The molecule has 1 unspecified atom stereocenters. The lowest BCUT2D eigenvalue weighted by Gasteiger charge is -1.95. The van der Waals surface area contributed by atoms with Crippen LogP contribution in [-0.4, -0.2) is 15.9 Å². The topological polar surface area (TPSA) is 47.2 Å². The number of isocyanates is 1. The minimum absolute atomic E-state index is 0.186. The molecule has 0 saturated heterocycles. The van der Waals surface area contributed by atoms with Crippen molar-refractivity contribution in [3.8, 4) is 0 Å². The van der Waals surface area contributed by atoms with Crippen molar-refractivity contribution in [1.82, 2.24) is 9.78 Å². The van der Waals surface area contributed by atoms with E-state index in [0.717, 1.165) is 5.69 Å². The zero-order chi connectivity index (χ0) is 8.27. The first-order chi connectivity index (χ1) is 5.24. The Balaban J connectivity index is 2.84. The Morgan fingerprint density at radius 2 is 2.55 bits per heavy atom. The van der Waals surface area contributed by atoms with E-state index in [-0.39, 0.29) is 6.04 Å². The van der Waals surface area contributed by atoms with Crippen molar-refractivity contribution in [1.29, 1.82) is 0 Å². The number of hydrogen-bond donors (Lipinski definition) is 0. The summed E-state index contributed by atoms with van der Waals surface area (Å²) in [6.07, 6.45) is 3.31. The molecule has 4 heteroatoms. The number of nitrogens with zero attached hydrogens (tertiary/aromatic N) is 3. The maximum atomic E-state index is 9.87. The number of rotatable bonds is 2. The molecule has 1 aromatic heterocycles. The maximum Gasteiger partial charge on any atom is 0.235 e. The average molecular weight is 151 g/mol. The maximum absolute atomic E-state index is 9.87. The largest absolute Gasteiger partial charge is 0.275 e. The Kier molecular flexibility index (Phi) is 2.18. The van der Waals surface area contributed by atoms with Gasteiger partial charge in [0.25, 0.3) is 0 Å². The minimum Gasteiger partial charge on any atom is -0.275 e. The first-order valence-electron chi connectivity index (χ1n) is 3.30. The molecule has 0 aromatic carbocycles. The lowest BCUT2D eigenvalue weighted by Crippen LogP contribution is -1.93. The smallest absolute Gasteiger partial charge is 0.235 e. The Labute approximate surface area is 64.6 Å². The van der Waals surface area contributed by atoms with E-state index < -0.39 is 0 Å². The van der Waals surface area contributed by atoms with E-state index in [1.165, 1.54) is 6.08 Å². The van der Waals surface area contributed by atoms with Gasteiger partial charge in [0.2, 0.25) is 6.08 Å². The molecule has 0 aliphatic heterocycles. The van der Waals surface area contributed by atoms with Crippen molar-refractivity contribution in [3.63, 3.8) is 0 Å². The molecule has 0 amide bonds. The molecule has 0 fully saturated rings. The summed E-state index contributed by atoms with van der Waals surface area (Å²) in [6.45, 7) is 1.80. The summed E-state index contributed by atoms with van der Waals surface area (Å²) in [7, 11) is 1.82. The molecule has 0 aliphatic carbocycles. The molecule has 1 aromatic rings. The van der Waals surface area contributed by atoms with Crippen molar-refractivity contribution < 1.29 is 4.79 Å². The summed E-state index contributed by atoms with van der Waals surface area (Å²) in [6, 6.07) is 1.64. The fourth-order valence-electron chi connectivity index (χ4n) is 0.801. The summed E-state index contributed by atoms with van der Waals surface area (Å²) in [5.74, 6) is 0. The van der Waals surface area contributed by atoms with Crippen LogP contribution in [0.25, 0.3) is 0 Å². The number of hydrogen-bond acceptors (Lipinski definition) is 3. The normalized spacial score (nSPS) is 12.2. The quantitative estimate of drug-likeness (QED) is 0.464. The van der Waals surface area contributed by atoms with Crippen molar-refractivity contribution in [2.45, 2.75) is 13.0 Å². The van der Waals surface area contributed by atoms with Crippen LogP contribution in [0, 0.1) is 0 Å². The fraction of sp³-hybridized carbons (Fsp3) is 0.429. The van der Waals surface area contributed by atoms with Gasteiger partial charge in [-0.2, -0.15) is 10.1 Å². The standard InChI is InChI=1S/C7H9N3O/c1-6(8-5-11)7-3-4-10(2)9-7/h3-4,6H,1-2H3. The van der Waals surface area contributed by atoms with E-state index in [1.807, 2.05) is 19.3 Å². The van der Waals surface area contributed by atoms with E-state index in [0.29, 0.717) is 0 Å². The van der Waals surface area contributed by atoms with E-state index >= 15 is 0 Å². The van der Waals surface area contributed by atoms with Gasteiger partial charge in [-0.25, -0.2) is 4.79 Å². The highest BCUT2D eigenvalue weighted by atomic mass is 16.1. The third-order valence-electron chi connectivity index (χ3n) is 1.41. The third-order valence-corrected chi connectivity index (χ3v) is 1.41. The highest BCUT2D eigenvalue weighted by Gasteiger charge is 2.04.